The van der Waals surface area contributed by atoms with Crippen LogP contribution in [-0.2, 0) is 7.05 Å². The lowest BCUT2D eigenvalue weighted by atomic mass is 10.2. The molecule has 2 rings (SSSR count). The third-order valence-electron chi connectivity index (χ3n) is 2.03. The van der Waals surface area contributed by atoms with E-state index in [1.807, 2.05) is 6.07 Å². The lowest BCUT2D eigenvalue weighted by molar-refractivity contribution is 0.617. The minimum Gasteiger partial charge on any atom is -0.265 e. The van der Waals surface area contributed by atoms with Crippen LogP contribution < -0.4 is 0 Å². The van der Waals surface area contributed by atoms with E-state index in [2.05, 4.69) is 5.10 Å². The van der Waals surface area contributed by atoms with Gasteiger partial charge in [-0.3, -0.25) is 4.68 Å². The van der Waals surface area contributed by atoms with Crippen LogP contribution in [0.3, 0.4) is 0 Å². The summed E-state index contributed by atoms with van der Waals surface area (Å²) in [5.41, 5.74) is 1.24. The number of benzene rings is 1. The molecule has 0 aliphatic rings. The van der Waals surface area contributed by atoms with Crippen molar-refractivity contribution in [1.29, 1.82) is 0 Å². The second kappa shape index (κ2) is 2.30. The van der Waals surface area contributed by atoms with Crippen molar-refractivity contribution >= 4 is 10.9 Å². The highest BCUT2D eigenvalue weighted by Gasteiger charge is 2.07. The Morgan fingerprint density at radius 2 is 2.17 bits per heavy atom. The summed E-state index contributed by atoms with van der Waals surface area (Å²) in [6, 6.07) is 3.64. The largest absolute Gasteiger partial charge is 0.265 e. The lowest BCUT2D eigenvalue weighted by Gasteiger charge is -1.98. The molecule has 0 atom stereocenters. The molecule has 0 unspecified atom stereocenters. The normalized spacial score (nSPS) is 10.9. The molecule has 0 bridgehead atoms. The van der Waals surface area contributed by atoms with E-state index in [9.17, 15) is 4.39 Å². The van der Waals surface area contributed by atoms with Crippen LogP contribution in [0.25, 0.3) is 10.9 Å². The van der Waals surface area contributed by atoms with Crippen LogP contribution in [0, 0.1) is 12.7 Å². The first-order chi connectivity index (χ1) is 5.70. The number of aryl methyl sites for hydroxylation is 2. The highest BCUT2D eigenvalue weighted by atomic mass is 19.1. The molecule has 0 radical (unpaired) electrons. The molecule has 0 saturated heterocycles. The first-order valence-electron chi connectivity index (χ1n) is 3.77. The molecule has 0 aliphatic carbocycles. The maximum Gasteiger partial charge on any atom is 0.151 e. The highest BCUT2D eigenvalue weighted by molar-refractivity contribution is 5.79. The third kappa shape index (κ3) is 0.826. The fraction of sp³-hybridized carbons (Fsp3) is 0.222. The van der Waals surface area contributed by atoms with Gasteiger partial charge in [0.1, 0.15) is 5.52 Å². The molecule has 3 heteroatoms. The van der Waals surface area contributed by atoms with Gasteiger partial charge in [0.25, 0.3) is 0 Å². The minimum absolute atomic E-state index is 0.174. The monoisotopic (exact) mass is 164 g/mol. The van der Waals surface area contributed by atoms with E-state index >= 15 is 0 Å². The van der Waals surface area contributed by atoms with Crippen molar-refractivity contribution in [3.05, 3.63) is 29.7 Å². The number of aromatic nitrogens is 2. The molecule has 1 aromatic heterocycles. The average molecular weight is 164 g/mol. The van der Waals surface area contributed by atoms with Crippen molar-refractivity contribution in [1.82, 2.24) is 9.78 Å². The van der Waals surface area contributed by atoms with Crippen molar-refractivity contribution < 1.29 is 4.39 Å². The molecule has 0 saturated carbocycles. The predicted octanol–water partition coefficient (Wildman–Crippen LogP) is 2.02. The Kier molecular flexibility index (Phi) is 1.40. The topological polar surface area (TPSA) is 17.8 Å². The van der Waals surface area contributed by atoms with Crippen molar-refractivity contribution in [2.75, 3.05) is 0 Å². The first-order valence-corrected chi connectivity index (χ1v) is 3.77. The zero-order valence-electron chi connectivity index (χ0n) is 7.00. The Morgan fingerprint density at radius 1 is 1.42 bits per heavy atom. The van der Waals surface area contributed by atoms with E-state index in [0.717, 1.165) is 5.39 Å². The van der Waals surface area contributed by atoms with E-state index < -0.39 is 0 Å². The molecule has 0 aliphatic heterocycles. The van der Waals surface area contributed by atoms with E-state index in [0.29, 0.717) is 11.1 Å². The molecule has 0 fully saturated rings. The molecular formula is C9H9FN2. The van der Waals surface area contributed by atoms with Crippen LogP contribution in [0.15, 0.2) is 18.3 Å². The number of hydrogen-bond acceptors (Lipinski definition) is 1. The quantitative estimate of drug-likeness (QED) is 0.582. The van der Waals surface area contributed by atoms with E-state index in [1.54, 1.807) is 30.9 Å². The number of fused-ring (bicyclic) bond motifs is 1. The summed E-state index contributed by atoms with van der Waals surface area (Å²) in [4.78, 5) is 0. The van der Waals surface area contributed by atoms with Crippen LogP contribution in [-0.4, -0.2) is 9.78 Å². The molecule has 12 heavy (non-hydrogen) atoms. The Balaban J connectivity index is 2.96. The lowest BCUT2D eigenvalue weighted by Crippen LogP contribution is -1.93. The molecule has 1 heterocycles. The Hall–Kier alpha value is -1.38. The second-order valence-electron chi connectivity index (χ2n) is 2.90. The van der Waals surface area contributed by atoms with Crippen LogP contribution in [0.1, 0.15) is 5.56 Å². The average Bonchev–Trinajstić information content (AvgIpc) is 2.41. The number of nitrogens with zero attached hydrogens (tertiary/aromatic N) is 2. The smallest absolute Gasteiger partial charge is 0.151 e. The molecule has 0 N–H and O–H groups in total. The summed E-state index contributed by atoms with van der Waals surface area (Å²) in [6.45, 7) is 1.75. The number of halogens is 1. The Morgan fingerprint density at radius 3 is 2.92 bits per heavy atom. The molecular weight excluding hydrogens is 155 g/mol. The van der Waals surface area contributed by atoms with Gasteiger partial charge in [-0.25, -0.2) is 4.39 Å². The molecule has 2 aromatic rings. The summed E-state index contributed by atoms with van der Waals surface area (Å²) in [7, 11) is 1.74. The van der Waals surface area contributed by atoms with Gasteiger partial charge in [-0.15, -0.1) is 0 Å². The molecule has 0 spiro atoms. The predicted molar refractivity (Wildman–Crippen MR) is 45.4 cm³/mol. The van der Waals surface area contributed by atoms with E-state index in [4.69, 9.17) is 0 Å². The van der Waals surface area contributed by atoms with Crippen LogP contribution >= 0.6 is 0 Å². The van der Waals surface area contributed by atoms with Crippen LogP contribution in [0.2, 0.25) is 0 Å². The second-order valence-corrected chi connectivity index (χ2v) is 2.90. The van der Waals surface area contributed by atoms with Gasteiger partial charge in [-0.2, -0.15) is 5.10 Å². The van der Waals surface area contributed by atoms with Gasteiger partial charge < -0.3 is 0 Å². The standard InChI is InChI=1S/C9H9FN2/c1-6-3-4-7-5-11-12(2)9(7)8(6)10/h3-5H,1-2H3. The summed E-state index contributed by atoms with van der Waals surface area (Å²) >= 11 is 0. The highest BCUT2D eigenvalue weighted by Crippen LogP contribution is 2.19. The van der Waals surface area contributed by atoms with Crippen LogP contribution in [0.5, 0.6) is 0 Å². The number of hydrogen-bond donors (Lipinski definition) is 0. The first kappa shape index (κ1) is 7.28. The minimum atomic E-state index is -0.174. The molecule has 2 nitrogen and oxygen atoms in total. The fourth-order valence-corrected chi connectivity index (χ4v) is 1.32. The van der Waals surface area contributed by atoms with Crippen molar-refractivity contribution in [3.63, 3.8) is 0 Å². The zero-order chi connectivity index (χ0) is 8.72. The zero-order valence-corrected chi connectivity index (χ0v) is 7.00. The molecule has 1 aromatic carbocycles. The van der Waals surface area contributed by atoms with Crippen molar-refractivity contribution in [2.24, 2.45) is 7.05 Å². The van der Waals surface area contributed by atoms with E-state index in [1.165, 1.54) is 0 Å². The fourth-order valence-electron chi connectivity index (χ4n) is 1.32. The van der Waals surface area contributed by atoms with E-state index in [-0.39, 0.29) is 5.82 Å². The van der Waals surface area contributed by atoms with Gasteiger partial charge in [0, 0.05) is 12.4 Å². The van der Waals surface area contributed by atoms with Gasteiger partial charge in [-0.1, -0.05) is 12.1 Å². The Labute approximate surface area is 69.6 Å². The van der Waals surface area contributed by atoms with Gasteiger partial charge in [0.15, 0.2) is 5.82 Å². The van der Waals surface area contributed by atoms with Crippen LogP contribution in [0.4, 0.5) is 4.39 Å². The van der Waals surface area contributed by atoms with Crippen molar-refractivity contribution in [2.45, 2.75) is 6.92 Å². The van der Waals surface area contributed by atoms with Gasteiger partial charge in [-0.05, 0) is 12.5 Å². The maximum atomic E-state index is 13.4. The molecule has 62 valence electrons. The summed E-state index contributed by atoms with van der Waals surface area (Å²) in [6.07, 6.45) is 1.66. The number of rotatable bonds is 0. The summed E-state index contributed by atoms with van der Waals surface area (Å²) < 4.78 is 15.0. The third-order valence-corrected chi connectivity index (χ3v) is 2.03. The molecule has 0 amide bonds. The van der Waals surface area contributed by atoms with Gasteiger partial charge in [0.2, 0.25) is 0 Å². The SMILES string of the molecule is Cc1ccc2cnn(C)c2c1F. The summed E-state index contributed by atoms with van der Waals surface area (Å²) in [5.74, 6) is -0.174. The summed E-state index contributed by atoms with van der Waals surface area (Å²) in [5, 5.41) is 4.82. The van der Waals surface area contributed by atoms with Crippen molar-refractivity contribution in [3.8, 4) is 0 Å². The van der Waals surface area contributed by atoms with Gasteiger partial charge >= 0.3 is 0 Å². The Bertz CT molecular complexity index is 431. The van der Waals surface area contributed by atoms with Gasteiger partial charge in [0.05, 0.1) is 6.20 Å². The maximum absolute atomic E-state index is 13.4.